The molecule has 0 atom stereocenters. The van der Waals surface area contributed by atoms with E-state index in [1.807, 2.05) is 18.2 Å². The van der Waals surface area contributed by atoms with Gasteiger partial charge in [-0.3, -0.25) is 0 Å². The number of halogens is 3. The van der Waals surface area contributed by atoms with Crippen molar-refractivity contribution >= 4 is 40.5 Å². The molecule has 0 spiro atoms. The fourth-order valence-corrected chi connectivity index (χ4v) is 2.31. The molecule has 19 heavy (non-hydrogen) atoms. The van der Waals surface area contributed by atoms with Crippen LogP contribution in [0.2, 0.25) is 15.1 Å². The summed E-state index contributed by atoms with van der Waals surface area (Å²) in [6.07, 6.45) is 0. The van der Waals surface area contributed by atoms with Crippen molar-refractivity contribution in [2.24, 2.45) is 0 Å². The molecule has 0 aliphatic rings. The highest BCUT2D eigenvalue weighted by Crippen LogP contribution is 2.30. The Morgan fingerprint density at radius 1 is 1.05 bits per heavy atom. The monoisotopic (exact) mass is 315 g/mol. The molecular formula is C14H12Cl3NO. The van der Waals surface area contributed by atoms with E-state index in [4.69, 9.17) is 39.5 Å². The third kappa shape index (κ3) is 3.47. The predicted molar refractivity (Wildman–Crippen MR) is 81.8 cm³/mol. The molecule has 2 aromatic rings. The lowest BCUT2D eigenvalue weighted by molar-refractivity contribution is 0.410. The van der Waals surface area contributed by atoms with Gasteiger partial charge in [0.05, 0.1) is 17.8 Å². The maximum Gasteiger partial charge on any atom is 0.125 e. The lowest BCUT2D eigenvalue weighted by Gasteiger charge is -2.13. The highest BCUT2D eigenvalue weighted by atomic mass is 35.5. The number of rotatable bonds is 4. The van der Waals surface area contributed by atoms with Crippen LogP contribution in [0.1, 0.15) is 5.56 Å². The lowest BCUT2D eigenvalue weighted by atomic mass is 10.2. The second-order valence-electron chi connectivity index (χ2n) is 3.90. The number of benzene rings is 2. The standard InChI is InChI=1S/C14H12Cl3NO/c1-19-14-4-2-3-11(16)10(14)8-18-13-7-9(15)5-6-12(13)17/h2-7,18H,8H2,1H3. The van der Waals surface area contributed by atoms with Crippen LogP contribution >= 0.6 is 34.8 Å². The molecule has 5 heteroatoms. The third-order valence-corrected chi connectivity index (χ3v) is 3.60. The highest BCUT2D eigenvalue weighted by molar-refractivity contribution is 6.35. The Bertz CT molecular complexity index is 587. The molecule has 2 rings (SSSR count). The van der Waals surface area contributed by atoms with Crippen molar-refractivity contribution in [3.63, 3.8) is 0 Å². The van der Waals surface area contributed by atoms with Gasteiger partial charge in [-0.2, -0.15) is 0 Å². The van der Waals surface area contributed by atoms with Crippen LogP contribution in [0.3, 0.4) is 0 Å². The smallest absolute Gasteiger partial charge is 0.125 e. The molecule has 0 amide bonds. The second-order valence-corrected chi connectivity index (χ2v) is 5.15. The number of hydrogen-bond donors (Lipinski definition) is 1. The Labute approximate surface area is 127 Å². The molecule has 0 unspecified atom stereocenters. The van der Waals surface area contributed by atoms with Crippen molar-refractivity contribution in [1.29, 1.82) is 0 Å². The van der Waals surface area contributed by atoms with Crippen LogP contribution in [0.25, 0.3) is 0 Å². The fourth-order valence-electron chi connectivity index (χ4n) is 1.72. The molecule has 0 saturated carbocycles. The summed E-state index contributed by atoms with van der Waals surface area (Å²) >= 11 is 18.2. The topological polar surface area (TPSA) is 21.3 Å². The van der Waals surface area contributed by atoms with E-state index in [1.54, 1.807) is 25.3 Å². The molecule has 2 nitrogen and oxygen atoms in total. The molecular weight excluding hydrogens is 305 g/mol. The third-order valence-electron chi connectivity index (χ3n) is 2.68. The zero-order valence-electron chi connectivity index (χ0n) is 10.2. The van der Waals surface area contributed by atoms with Crippen molar-refractivity contribution in [2.75, 3.05) is 12.4 Å². The van der Waals surface area contributed by atoms with E-state index >= 15 is 0 Å². The van der Waals surface area contributed by atoms with Crippen molar-refractivity contribution in [3.05, 3.63) is 57.0 Å². The Morgan fingerprint density at radius 3 is 2.58 bits per heavy atom. The molecule has 0 bridgehead atoms. The van der Waals surface area contributed by atoms with Gasteiger partial charge in [0.2, 0.25) is 0 Å². The molecule has 0 aromatic heterocycles. The van der Waals surface area contributed by atoms with Crippen LogP contribution in [0.5, 0.6) is 5.75 Å². The summed E-state index contributed by atoms with van der Waals surface area (Å²) in [5, 5.41) is 5.08. The van der Waals surface area contributed by atoms with E-state index < -0.39 is 0 Å². The van der Waals surface area contributed by atoms with Gasteiger partial charge < -0.3 is 10.1 Å². The van der Waals surface area contributed by atoms with Crippen molar-refractivity contribution in [1.82, 2.24) is 0 Å². The van der Waals surface area contributed by atoms with Crippen molar-refractivity contribution in [2.45, 2.75) is 6.54 Å². The summed E-state index contributed by atoms with van der Waals surface area (Å²) in [6, 6.07) is 10.8. The minimum absolute atomic E-state index is 0.503. The fraction of sp³-hybridized carbons (Fsp3) is 0.143. The van der Waals surface area contributed by atoms with Gasteiger partial charge in [0.15, 0.2) is 0 Å². The lowest BCUT2D eigenvalue weighted by Crippen LogP contribution is -2.03. The molecule has 100 valence electrons. The summed E-state index contributed by atoms with van der Waals surface area (Å²) < 4.78 is 5.29. The summed E-state index contributed by atoms with van der Waals surface area (Å²) in [7, 11) is 1.61. The molecule has 0 saturated heterocycles. The average Bonchev–Trinajstić information content (AvgIpc) is 2.40. The first-order valence-corrected chi connectivity index (χ1v) is 6.75. The first kappa shape index (κ1) is 14.3. The van der Waals surface area contributed by atoms with Gasteiger partial charge >= 0.3 is 0 Å². The zero-order chi connectivity index (χ0) is 13.8. The van der Waals surface area contributed by atoms with E-state index in [1.165, 1.54) is 0 Å². The molecule has 0 aliphatic carbocycles. The largest absolute Gasteiger partial charge is 0.496 e. The van der Waals surface area contributed by atoms with Gasteiger partial charge in [-0.1, -0.05) is 40.9 Å². The molecule has 0 aliphatic heterocycles. The number of ether oxygens (including phenoxy) is 1. The van der Waals surface area contributed by atoms with E-state index in [0.29, 0.717) is 21.6 Å². The van der Waals surface area contributed by atoms with Crippen LogP contribution in [-0.2, 0) is 6.54 Å². The summed E-state index contributed by atoms with van der Waals surface area (Å²) in [5.74, 6) is 0.734. The summed E-state index contributed by atoms with van der Waals surface area (Å²) in [6.45, 7) is 0.503. The molecule has 0 radical (unpaired) electrons. The minimum Gasteiger partial charge on any atom is -0.496 e. The Balaban J connectivity index is 2.21. The van der Waals surface area contributed by atoms with Gasteiger partial charge in [-0.15, -0.1) is 0 Å². The van der Waals surface area contributed by atoms with Crippen LogP contribution in [0.4, 0.5) is 5.69 Å². The van der Waals surface area contributed by atoms with Gasteiger partial charge in [-0.25, -0.2) is 0 Å². The maximum absolute atomic E-state index is 6.17. The van der Waals surface area contributed by atoms with Gasteiger partial charge in [0.25, 0.3) is 0 Å². The molecule has 0 fully saturated rings. The van der Waals surface area contributed by atoms with Crippen molar-refractivity contribution < 1.29 is 4.74 Å². The minimum atomic E-state index is 0.503. The molecule has 2 aromatic carbocycles. The highest BCUT2D eigenvalue weighted by Gasteiger charge is 2.08. The second kappa shape index (κ2) is 6.38. The first-order chi connectivity index (χ1) is 9.11. The molecule has 1 N–H and O–H groups in total. The van der Waals surface area contributed by atoms with Crippen LogP contribution < -0.4 is 10.1 Å². The summed E-state index contributed by atoms with van der Waals surface area (Å²) in [4.78, 5) is 0. The van der Waals surface area contributed by atoms with E-state index in [2.05, 4.69) is 5.32 Å². The number of anilines is 1. The first-order valence-electron chi connectivity index (χ1n) is 5.62. The molecule has 0 heterocycles. The Hall–Kier alpha value is -1.09. The quantitative estimate of drug-likeness (QED) is 0.830. The van der Waals surface area contributed by atoms with Gasteiger partial charge in [0, 0.05) is 22.2 Å². The number of hydrogen-bond acceptors (Lipinski definition) is 2. The van der Waals surface area contributed by atoms with Crippen molar-refractivity contribution in [3.8, 4) is 5.75 Å². The average molecular weight is 317 g/mol. The number of methoxy groups -OCH3 is 1. The van der Waals surface area contributed by atoms with E-state index in [0.717, 1.165) is 17.0 Å². The maximum atomic E-state index is 6.17. The van der Waals surface area contributed by atoms with Crippen LogP contribution in [0, 0.1) is 0 Å². The van der Waals surface area contributed by atoms with E-state index in [9.17, 15) is 0 Å². The Kier molecular flexibility index (Phi) is 4.81. The number of nitrogens with one attached hydrogen (secondary N) is 1. The van der Waals surface area contributed by atoms with Crippen LogP contribution in [-0.4, -0.2) is 7.11 Å². The Morgan fingerprint density at radius 2 is 1.84 bits per heavy atom. The zero-order valence-corrected chi connectivity index (χ0v) is 12.5. The predicted octanol–water partition coefficient (Wildman–Crippen LogP) is 5.27. The SMILES string of the molecule is COc1cccc(Cl)c1CNc1cc(Cl)ccc1Cl. The van der Waals surface area contributed by atoms with Gasteiger partial charge in [0.1, 0.15) is 5.75 Å². The van der Waals surface area contributed by atoms with Crippen LogP contribution in [0.15, 0.2) is 36.4 Å². The summed E-state index contributed by atoms with van der Waals surface area (Å²) in [5.41, 5.74) is 1.64. The van der Waals surface area contributed by atoms with Gasteiger partial charge in [-0.05, 0) is 30.3 Å². The normalized spacial score (nSPS) is 10.3. The van der Waals surface area contributed by atoms with E-state index in [-0.39, 0.29) is 0 Å².